The standard InChI is InChI=1S/C30H37N3O5S/c1-6-28(30(35)31-4)32(20-23-11-10-12-26(19-23)38-5)29(34)21-33(25-17-15-24(16-18-25)22(2)3)39(36,37)27-13-8-7-9-14-27/h7-19,22,28H,6,20-21H2,1-5H3,(H,31,35)/t28-/m1/s1. The van der Waals surface area contributed by atoms with E-state index in [1.54, 1.807) is 55.6 Å². The Morgan fingerprint density at radius 1 is 0.949 bits per heavy atom. The predicted octanol–water partition coefficient (Wildman–Crippen LogP) is 4.57. The summed E-state index contributed by atoms with van der Waals surface area (Å²) < 4.78 is 34.1. The summed E-state index contributed by atoms with van der Waals surface area (Å²) in [6.45, 7) is 5.55. The SMILES string of the molecule is CC[C@H](C(=O)NC)N(Cc1cccc(OC)c1)C(=O)CN(c1ccc(C(C)C)cc1)S(=O)(=O)c1ccccc1. The van der Waals surface area contributed by atoms with E-state index in [-0.39, 0.29) is 23.3 Å². The van der Waals surface area contributed by atoms with Crippen molar-refractivity contribution in [2.24, 2.45) is 0 Å². The molecule has 8 nitrogen and oxygen atoms in total. The molecule has 0 aliphatic rings. The number of sulfonamides is 1. The van der Waals surface area contributed by atoms with Gasteiger partial charge in [-0.1, -0.05) is 63.2 Å². The number of nitrogens with zero attached hydrogens (tertiary/aromatic N) is 2. The Balaban J connectivity index is 2.06. The van der Waals surface area contributed by atoms with Crippen LogP contribution in [0.1, 0.15) is 44.2 Å². The Morgan fingerprint density at radius 2 is 1.62 bits per heavy atom. The fourth-order valence-corrected chi connectivity index (χ4v) is 5.76. The molecule has 0 saturated carbocycles. The highest BCUT2D eigenvalue weighted by atomic mass is 32.2. The van der Waals surface area contributed by atoms with Gasteiger partial charge >= 0.3 is 0 Å². The van der Waals surface area contributed by atoms with Crippen LogP contribution in [0.3, 0.4) is 0 Å². The summed E-state index contributed by atoms with van der Waals surface area (Å²) >= 11 is 0. The topological polar surface area (TPSA) is 96.0 Å². The number of rotatable bonds is 12. The molecule has 3 aromatic carbocycles. The molecule has 0 fully saturated rings. The van der Waals surface area contributed by atoms with E-state index in [1.165, 1.54) is 24.1 Å². The molecular formula is C30H37N3O5S. The molecule has 1 atom stereocenters. The van der Waals surface area contributed by atoms with E-state index in [2.05, 4.69) is 19.2 Å². The van der Waals surface area contributed by atoms with Crippen molar-refractivity contribution in [1.82, 2.24) is 10.2 Å². The first-order valence-corrected chi connectivity index (χ1v) is 14.4. The third-order valence-corrected chi connectivity index (χ3v) is 8.37. The second-order valence-electron chi connectivity index (χ2n) is 9.48. The largest absolute Gasteiger partial charge is 0.497 e. The molecule has 3 aromatic rings. The normalized spacial score (nSPS) is 12.1. The zero-order valence-electron chi connectivity index (χ0n) is 23.1. The minimum Gasteiger partial charge on any atom is -0.497 e. The summed E-state index contributed by atoms with van der Waals surface area (Å²) in [5.41, 5.74) is 2.17. The lowest BCUT2D eigenvalue weighted by Gasteiger charge is -2.33. The van der Waals surface area contributed by atoms with Gasteiger partial charge in [-0.2, -0.15) is 0 Å². The third-order valence-electron chi connectivity index (χ3n) is 6.58. The maximum atomic E-state index is 14.0. The number of ether oxygens (including phenoxy) is 1. The van der Waals surface area contributed by atoms with E-state index in [1.807, 2.05) is 25.1 Å². The Labute approximate surface area is 231 Å². The van der Waals surface area contributed by atoms with Gasteiger partial charge in [-0.15, -0.1) is 0 Å². The molecule has 0 radical (unpaired) electrons. The van der Waals surface area contributed by atoms with Gasteiger partial charge in [0.2, 0.25) is 11.8 Å². The number of benzene rings is 3. The lowest BCUT2D eigenvalue weighted by atomic mass is 10.0. The van der Waals surface area contributed by atoms with Crippen molar-refractivity contribution in [2.75, 3.05) is 25.0 Å². The summed E-state index contributed by atoms with van der Waals surface area (Å²) in [5.74, 6) is 0.0516. The van der Waals surface area contributed by atoms with Crippen molar-refractivity contribution >= 4 is 27.5 Å². The van der Waals surface area contributed by atoms with Crippen molar-refractivity contribution in [2.45, 2.75) is 50.6 Å². The van der Waals surface area contributed by atoms with Crippen LogP contribution in [0, 0.1) is 0 Å². The van der Waals surface area contributed by atoms with E-state index < -0.39 is 28.5 Å². The molecular weight excluding hydrogens is 514 g/mol. The van der Waals surface area contributed by atoms with Crippen LogP contribution in [-0.4, -0.2) is 51.9 Å². The maximum Gasteiger partial charge on any atom is 0.264 e. The van der Waals surface area contributed by atoms with Gasteiger partial charge in [0.15, 0.2) is 0 Å². The minimum atomic E-state index is -4.09. The minimum absolute atomic E-state index is 0.0726. The molecule has 0 spiro atoms. The van der Waals surface area contributed by atoms with E-state index in [4.69, 9.17) is 4.74 Å². The van der Waals surface area contributed by atoms with E-state index in [9.17, 15) is 18.0 Å². The average molecular weight is 552 g/mol. The van der Waals surface area contributed by atoms with Gasteiger partial charge in [0.05, 0.1) is 17.7 Å². The van der Waals surface area contributed by atoms with Gasteiger partial charge in [-0.25, -0.2) is 8.42 Å². The van der Waals surface area contributed by atoms with Gasteiger partial charge in [-0.3, -0.25) is 13.9 Å². The summed E-state index contributed by atoms with van der Waals surface area (Å²) in [7, 11) is -1.02. The first kappa shape index (κ1) is 29.7. The summed E-state index contributed by atoms with van der Waals surface area (Å²) in [5, 5.41) is 2.63. The number of likely N-dealkylation sites (N-methyl/N-ethyl adjacent to an activating group) is 1. The maximum absolute atomic E-state index is 14.0. The fraction of sp³-hybridized carbons (Fsp3) is 0.333. The number of carbonyl (C=O) groups excluding carboxylic acids is 2. The molecule has 0 saturated heterocycles. The molecule has 1 N–H and O–H groups in total. The lowest BCUT2D eigenvalue weighted by Crippen LogP contribution is -2.51. The summed E-state index contributed by atoms with van der Waals surface area (Å²) in [4.78, 5) is 28.3. The highest BCUT2D eigenvalue weighted by molar-refractivity contribution is 7.92. The monoisotopic (exact) mass is 551 g/mol. The van der Waals surface area contributed by atoms with Crippen molar-refractivity contribution in [3.8, 4) is 5.75 Å². The number of carbonyl (C=O) groups is 2. The fourth-order valence-electron chi connectivity index (χ4n) is 4.33. The van der Waals surface area contributed by atoms with Gasteiger partial charge in [0, 0.05) is 13.6 Å². The third kappa shape index (κ3) is 7.17. The van der Waals surface area contributed by atoms with Crippen LogP contribution in [0.5, 0.6) is 5.75 Å². The molecule has 0 aliphatic carbocycles. The molecule has 39 heavy (non-hydrogen) atoms. The summed E-state index contributed by atoms with van der Waals surface area (Å²) in [6, 6.07) is 21.6. The van der Waals surface area contributed by atoms with Crippen molar-refractivity contribution < 1.29 is 22.7 Å². The number of hydrogen-bond donors (Lipinski definition) is 1. The molecule has 3 rings (SSSR count). The molecule has 9 heteroatoms. The molecule has 0 unspecified atom stereocenters. The first-order valence-electron chi connectivity index (χ1n) is 12.9. The van der Waals surface area contributed by atoms with Crippen molar-refractivity contribution in [3.63, 3.8) is 0 Å². The lowest BCUT2D eigenvalue weighted by molar-refractivity contribution is -0.140. The molecule has 2 amide bonds. The molecule has 0 aromatic heterocycles. The van der Waals surface area contributed by atoms with Gasteiger partial charge < -0.3 is 15.0 Å². The van der Waals surface area contributed by atoms with Crippen LogP contribution in [-0.2, 0) is 26.2 Å². The number of nitrogens with one attached hydrogen (secondary N) is 1. The molecule has 0 aliphatic heterocycles. The van der Waals surface area contributed by atoms with E-state index in [0.717, 1.165) is 15.4 Å². The van der Waals surface area contributed by atoms with Crippen LogP contribution in [0.4, 0.5) is 5.69 Å². The Morgan fingerprint density at radius 3 is 2.18 bits per heavy atom. The molecule has 208 valence electrons. The summed E-state index contributed by atoms with van der Waals surface area (Å²) in [6.07, 6.45) is 0.351. The van der Waals surface area contributed by atoms with Crippen LogP contribution in [0.15, 0.2) is 83.8 Å². The van der Waals surface area contributed by atoms with Crippen LogP contribution in [0.25, 0.3) is 0 Å². The number of amides is 2. The zero-order valence-corrected chi connectivity index (χ0v) is 23.9. The van der Waals surface area contributed by atoms with Crippen molar-refractivity contribution in [3.05, 3.63) is 90.0 Å². The van der Waals surface area contributed by atoms with Crippen molar-refractivity contribution in [1.29, 1.82) is 0 Å². The number of anilines is 1. The molecule has 0 heterocycles. The van der Waals surface area contributed by atoms with Crippen LogP contribution < -0.4 is 14.4 Å². The Hall–Kier alpha value is -3.85. The smallest absolute Gasteiger partial charge is 0.264 e. The second kappa shape index (κ2) is 13.3. The van der Waals surface area contributed by atoms with Gasteiger partial charge in [0.1, 0.15) is 18.3 Å². The Bertz CT molecular complexity index is 1360. The van der Waals surface area contributed by atoms with E-state index in [0.29, 0.717) is 17.9 Å². The molecule has 0 bridgehead atoms. The van der Waals surface area contributed by atoms with Crippen LogP contribution >= 0.6 is 0 Å². The number of methoxy groups -OCH3 is 1. The Kier molecular flexibility index (Phi) is 10.1. The van der Waals surface area contributed by atoms with E-state index >= 15 is 0 Å². The highest BCUT2D eigenvalue weighted by Gasteiger charge is 2.33. The van der Waals surface area contributed by atoms with Crippen LogP contribution in [0.2, 0.25) is 0 Å². The number of hydrogen-bond acceptors (Lipinski definition) is 5. The predicted molar refractivity (Wildman–Crippen MR) is 153 cm³/mol. The van der Waals surface area contributed by atoms with Gasteiger partial charge in [0.25, 0.3) is 10.0 Å². The zero-order chi connectivity index (χ0) is 28.6. The quantitative estimate of drug-likeness (QED) is 0.356. The first-order chi connectivity index (χ1) is 18.6. The second-order valence-corrected chi connectivity index (χ2v) is 11.3. The highest BCUT2D eigenvalue weighted by Crippen LogP contribution is 2.27. The van der Waals surface area contributed by atoms with Gasteiger partial charge in [-0.05, 0) is 59.9 Å². The average Bonchev–Trinajstić information content (AvgIpc) is 2.96.